The first kappa shape index (κ1) is 21.0. The number of carbonyl (C=O) groups is 1. The van der Waals surface area contributed by atoms with E-state index in [1.807, 2.05) is 20.8 Å². The average molecular weight is 419 g/mol. The van der Waals surface area contributed by atoms with Crippen LogP contribution in [0, 0.1) is 11.3 Å². The molecule has 1 aliphatic heterocycles. The van der Waals surface area contributed by atoms with Crippen LogP contribution in [0.5, 0.6) is 0 Å². The minimum Gasteiger partial charge on any atom is -0.444 e. The molecule has 2 aliphatic rings. The van der Waals surface area contributed by atoms with Gasteiger partial charge in [0.15, 0.2) is 0 Å². The summed E-state index contributed by atoms with van der Waals surface area (Å²) < 4.78 is 66.6. The summed E-state index contributed by atoms with van der Waals surface area (Å²) in [5.41, 5.74) is -5.20. The fourth-order valence-electron chi connectivity index (χ4n) is 4.09. The Labute approximate surface area is 162 Å². The van der Waals surface area contributed by atoms with E-state index >= 15 is 0 Å². The number of alkyl halides is 3. The number of likely N-dealkylation sites (tertiary alicyclic amines) is 1. The van der Waals surface area contributed by atoms with Gasteiger partial charge >= 0.3 is 11.6 Å². The number of hydrogen-bond donors (Lipinski definition) is 0. The standard InChI is InChI=1S/C19H24F3NO4S/c1-17(2,3)27-16(24)23-11-18(12-23)9-14(10-18)7-13-5-4-6-15(8-13)28(25,26)19(20,21)22/h4-6,8,14H,7,9-12H2,1-3H3. The Kier molecular flexibility index (Phi) is 4.97. The molecule has 1 saturated heterocycles. The van der Waals surface area contributed by atoms with E-state index in [0.29, 0.717) is 25.1 Å². The van der Waals surface area contributed by atoms with E-state index < -0.39 is 25.8 Å². The van der Waals surface area contributed by atoms with Gasteiger partial charge in [0, 0.05) is 18.5 Å². The molecule has 28 heavy (non-hydrogen) atoms. The quantitative estimate of drug-likeness (QED) is 0.738. The molecule has 0 bridgehead atoms. The van der Waals surface area contributed by atoms with E-state index in [1.54, 1.807) is 11.0 Å². The summed E-state index contributed by atoms with van der Waals surface area (Å²) in [6.07, 6.45) is 1.92. The van der Waals surface area contributed by atoms with E-state index in [0.717, 1.165) is 25.0 Å². The Balaban J connectivity index is 1.54. The number of halogens is 3. The molecular weight excluding hydrogens is 395 g/mol. The molecule has 0 radical (unpaired) electrons. The lowest BCUT2D eigenvalue weighted by Crippen LogP contribution is -2.64. The summed E-state index contributed by atoms with van der Waals surface area (Å²) in [7, 11) is -5.33. The van der Waals surface area contributed by atoms with E-state index in [1.165, 1.54) is 6.07 Å². The second-order valence-corrected chi connectivity index (χ2v) is 10.9. The molecule has 1 spiro atoms. The molecule has 0 aromatic heterocycles. The average Bonchev–Trinajstić information content (AvgIpc) is 2.45. The number of carbonyl (C=O) groups excluding carboxylic acids is 1. The molecule has 5 nitrogen and oxygen atoms in total. The second kappa shape index (κ2) is 6.64. The van der Waals surface area contributed by atoms with Crippen LogP contribution in [0.3, 0.4) is 0 Å². The van der Waals surface area contributed by atoms with Crippen LogP contribution in [-0.4, -0.2) is 43.6 Å². The van der Waals surface area contributed by atoms with E-state index in [-0.39, 0.29) is 17.4 Å². The molecule has 1 heterocycles. The summed E-state index contributed by atoms with van der Waals surface area (Å²) in [6.45, 7) is 6.69. The first-order chi connectivity index (χ1) is 12.7. The van der Waals surface area contributed by atoms with Gasteiger partial charge in [-0.25, -0.2) is 13.2 Å². The molecule has 156 valence electrons. The molecule has 0 unspecified atom stereocenters. The first-order valence-electron chi connectivity index (χ1n) is 9.09. The van der Waals surface area contributed by atoms with Crippen LogP contribution in [0.1, 0.15) is 39.2 Å². The van der Waals surface area contributed by atoms with Crippen LogP contribution in [0.2, 0.25) is 0 Å². The van der Waals surface area contributed by atoms with Crippen molar-refractivity contribution >= 4 is 15.9 Å². The van der Waals surface area contributed by atoms with Crippen molar-refractivity contribution in [2.45, 2.75) is 56.0 Å². The van der Waals surface area contributed by atoms with Gasteiger partial charge in [-0.1, -0.05) is 12.1 Å². The minimum absolute atomic E-state index is 0.0667. The molecule has 0 atom stereocenters. The van der Waals surface area contributed by atoms with E-state index in [9.17, 15) is 26.4 Å². The largest absolute Gasteiger partial charge is 0.501 e. The molecule has 1 saturated carbocycles. The summed E-state index contributed by atoms with van der Waals surface area (Å²) in [6, 6.07) is 5.07. The molecule has 1 aliphatic carbocycles. The number of hydrogen-bond acceptors (Lipinski definition) is 4. The van der Waals surface area contributed by atoms with Gasteiger partial charge in [-0.2, -0.15) is 13.2 Å². The van der Waals surface area contributed by atoms with E-state index in [4.69, 9.17) is 4.74 Å². The van der Waals surface area contributed by atoms with Crippen LogP contribution in [0.15, 0.2) is 29.2 Å². The van der Waals surface area contributed by atoms with Crippen LogP contribution in [0.4, 0.5) is 18.0 Å². The maximum atomic E-state index is 12.7. The summed E-state index contributed by atoms with van der Waals surface area (Å²) in [5.74, 6) is 0.268. The summed E-state index contributed by atoms with van der Waals surface area (Å²) in [4.78, 5) is 13.0. The van der Waals surface area contributed by atoms with Crippen molar-refractivity contribution in [3.63, 3.8) is 0 Å². The maximum Gasteiger partial charge on any atom is 0.501 e. The second-order valence-electron chi connectivity index (χ2n) is 8.91. The van der Waals surface area contributed by atoms with E-state index in [2.05, 4.69) is 0 Å². The monoisotopic (exact) mass is 419 g/mol. The number of amides is 1. The zero-order valence-corrected chi connectivity index (χ0v) is 16.9. The zero-order valence-electron chi connectivity index (χ0n) is 16.0. The van der Waals surface area contributed by atoms with Crippen molar-refractivity contribution in [2.75, 3.05) is 13.1 Å². The Morgan fingerprint density at radius 2 is 1.82 bits per heavy atom. The van der Waals surface area contributed by atoms with Gasteiger partial charge in [0.05, 0.1) is 4.90 Å². The lowest BCUT2D eigenvalue weighted by molar-refractivity contribution is -0.0947. The van der Waals surface area contributed by atoms with Gasteiger partial charge in [0.1, 0.15) is 5.60 Å². The number of rotatable bonds is 3. The highest BCUT2D eigenvalue weighted by Gasteiger charge is 2.54. The molecule has 2 fully saturated rings. The number of benzene rings is 1. The van der Waals surface area contributed by atoms with Crippen LogP contribution in [0.25, 0.3) is 0 Å². The van der Waals surface area contributed by atoms with Crippen molar-refractivity contribution in [1.82, 2.24) is 4.90 Å². The Morgan fingerprint density at radius 3 is 2.36 bits per heavy atom. The highest BCUT2D eigenvalue weighted by molar-refractivity contribution is 7.92. The van der Waals surface area contributed by atoms with Crippen molar-refractivity contribution in [3.8, 4) is 0 Å². The van der Waals surface area contributed by atoms with Gasteiger partial charge in [0.25, 0.3) is 9.84 Å². The predicted molar refractivity (Wildman–Crippen MR) is 96.4 cm³/mol. The molecular formula is C19H24F3NO4S. The molecule has 9 heteroatoms. The number of sulfone groups is 1. The van der Waals surface area contributed by atoms with Crippen LogP contribution < -0.4 is 0 Å². The first-order valence-corrected chi connectivity index (χ1v) is 10.6. The van der Waals surface area contributed by atoms with Gasteiger partial charge in [-0.05, 0) is 63.6 Å². The van der Waals surface area contributed by atoms with Crippen LogP contribution in [-0.2, 0) is 21.0 Å². The molecule has 1 aromatic carbocycles. The van der Waals surface area contributed by atoms with Gasteiger partial charge in [-0.3, -0.25) is 0 Å². The summed E-state index contributed by atoms with van der Waals surface area (Å²) >= 11 is 0. The number of nitrogens with zero attached hydrogens (tertiary/aromatic N) is 1. The Hall–Kier alpha value is -1.77. The Bertz CT molecular complexity index is 860. The third kappa shape index (κ3) is 4.14. The molecule has 0 N–H and O–H groups in total. The fraction of sp³-hybridized carbons (Fsp3) is 0.632. The van der Waals surface area contributed by atoms with Gasteiger partial charge < -0.3 is 9.64 Å². The smallest absolute Gasteiger partial charge is 0.444 e. The Morgan fingerprint density at radius 1 is 1.21 bits per heavy atom. The van der Waals surface area contributed by atoms with Crippen molar-refractivity contribution in [1.29, 1.82) is 0 Å². The molecule has 1 amide bonds. The van der Waals surface area contributed by atoms with Gasteiger partial charge in [-0.15, -0.1) is 0 Å². The van der Waals surface area contributed by atoms with Gasteiger partial charge in [0.2, 0.25) is 0 Å². The topological polar surface area (TPSA) is 63.7 Å². The predicted octanol–water partition coefficient (Wildman–Crippen LogP) is 4.17. The lowest BCUT2D eigenvalue weighted by atomic mass is 9.56. The van der Waals surface area contributed by atoms with Crippen molar-refractivity contribution in [3.05, 3.63) is 29.8 Å². The minimum atomic E-state index is -5.33. The third-order valence-electron chi connectivity index (χ3n) is 5.19. The molecule has 1 aromatic rings. The highest BCUT2D eigenvalue weighted by Crippen LogP contribution is 2.53. The zero-order chi connectivity index (χ0) is 21.0. The SMILES string of the molecule is CC(C)(C)OC(=O)N1CC2(CC(Cc3cccc(S(=O)(=O)C(F)(F)F)c3)C2)C1. The third-order valence-corrected chi connectivity index (χ3v) is 6.67. The fourth-order valence-corrected chi connectivity index (χ4v) is 4.92. The van der Waals surface area contributed by atoms with Crippen molar-refractivity contribution < 1.29 is 31.1 Å². The maximum absolute atomic E-state index is 12.7. The van der Waals surface area contributed by atoms with Crippen LogP contribution >= 0.6 is 0 Å². The summed E-state index contributed by atoms with van der Waals surface area (Å²) in [5, 5.41) is 0. The number of ether oxygens (including phenoxy) is 1. The normalized spacial score (nSPS) is 19.9. The molecule has 3 rings (SSSR count). The lowest BCUT2D eigenvalue weighted by Gasteiger charge is -2.59. The highest BCUT2D eigenvalue weighted by atomic mass is 32.2. The van der Waals surface area contributed by atoms with Crippen molar-refractivity contribution in [2.24, 2.45) is 11.3 Å².